The van der Waals surface area contributed by atoms with Gasteiger partial charge in [0, 0.05) is 57.6 Å². The van der Waals surface area contributed by atoms with Crippen LogP contribution in [0.5, 0.6) is 0 Å². The first-order valence-corrected chi connectivity index (χ1v) is 13.7. The van der Waals surface area contributed by atoms with Crippen molar-refractivity contribution in [3.05, 3.63) is 51.9 Å². The van der Waals surface area contributed by atoms with Gasteiger partial charge in [-0.2, -0.15) is 9.57 Å². The van der Waals surface area contributed by atoms with E-state index in [1.165, 1.54) is 23.0 Å². The second-order valence-electron chi connectivity index (χ2n) is 8.66. The van der Waals surface area contributed by atoms with Gasteiger partial charge >= 0.3 is 6.03 Å². The Morgan fingerprint density at radius 3 is 2.46 bits per heavy atom. The summed E-state index contributed by atoms with van der Waals surface area (Å²) < 4.78 is 25.0. The van der Waals surface area contributed by atoms with Crippen LogP contribution < -0.4 is 5.32 Å². The van der Waals surface area contributed by atoms with Crippen LogP contribution in [-0.2, 0) is 10.0 Å². The maximum absolute atomic E-state index is 13.3. The van der Waals surface area contributed by atoms with Crippen LogP contribution in [0.2, 0.25) is 10.0 Å². The van der Waals surface area contributed by atoms with Gasteiger partial charge in [0.2, 0.25) is 10.0 Å². The maximum Gasteiger partial charge on any atom is 0.320 e. The number of halogens is 2. The Balaban J connectivity index is 1.48. The van der Waals surface area contributed by atoms with Gasteiger partial charge in [-0.3, -0.25) is 0 Å². The molecule has 0 bridgehead atoms. The quantitative estimate of drug-likeness (QED) is 0.621. The minimum atomic E-state index is -3.27. The van der Waals surface area contributed by atoms with Crippen LogP contribution in [0.3, 0.4) is 0 Å². The molecule has 2 fully saturated rings. The average molecular weight is 538 g/mol. The lowest BCUT2D eigenvalue weighted by Crippen LogP contribution is -2.53. The van der Waals surface area contributed by atoms with E-state index in [0.717, 1.165) is 5.56 Å². The zero-order chi connectivity index (χ0) is 25.2. The number of likely N-dealkylation sites (tertiary alicyclic amines) is 1. The number of hydrogen-bond acceptors (Lipinski definition) is 7. The number of piperazine rings is 1. The number of nitriles is 1. The van der Waals surface area contributed by atoms with Crippen LogP contribution >= 0.6 is 23.2 Å². The predicted octanol–water partition coefficient (Wildman–Crippen LogP) is 2.48. The van der Waals surface area contributed by atoms with E-state index in [1.54, 1.807) is 15.9 Å². The van der Waals surface area contributed by atoms with Crippen molar-refractivity contribution in [3.63, 3.8) is 0 Å². The number of sulfonamides is 1. The fourth-order valence-corrected chi connectivity index (χ4v) is 5.61. The fourth-order valence-electron chi connectivity index (χ4n) is 4.48. The van der Waals surface area contributed by atoms with E-state index < -0.39 is 10.0 Å². The predicted molar refractivity (Wildman–Crippen MR) is 133 cm³/mol. The van der Waals surface area contributed by atoms with Crippen LogP contribution in [-0.4, -0.2) is 90.6 Å². The first-order valence-electron chi connectivity index (χ1n) is 11.1. The lowest BCUT2D eigenvalue weighted by atomic mass is 9.89. The molecule has 0 spiro atoms. The van der Waals surface area contributed by atoms with Gasteiger partial charge in [-0.05, 0) is 17.7 Å². The third kappa shape index (κ3) is 5.95. The van der Waals surface area contributed by atoms with E-state index in [9.17, 15) is 13.2 Å². The summed E-state index contributed by atoms with van der Waals surface area (Å²) in [6, 6.07) is 7.35. The van der Waals surface area contributed by atoms with E-state index in [4.69, 9.17) is 28.5 Å². The largest absolute Gasteiger partial charge is 0.368 e. The second kappa shape index (κ2) is 10.5. The lowest BCUT2D eigenvalue weighted by Gasteiger charge is -2.35. The molecule has 1 aromatic carbocycles. The molecular formula is C22H25Cl2N7O3S. The Hall–Kier alpha value is -2.65. The molecule has 0 saturated carbocycles. The molecule has 2 atom stereocenters. The van der Waals surface area contributed by atoms with Crippen LogP contribution in [0.25, 0.3) is 0 Å². The molecule has 2 aromatic rings. The smallest absolute Gasteiger partial charge is 0.320 e. The molecule has 2 amide bonds. The average Bonchev–Trinajstić information content (AvgIpc) is 3.28. The number of nitrogens with zero attached hydrogens (tertiary/aromatic N) is 6. The van der Waals surface area contributed by atoms with Crippen molar-refractivity contribution in [3.8, 4) is 6.07 Å². The summed E-state index contributed by atoms with van der Waals surface area (Å²) in [6.07, 6.45) is 4.09. The van der Waals surface area contributed by atoms with Gasteiger partial charge in [0.25, 0.3) is 0 Å². The summed E-state index contributed by atoms with van der Waals surface area (Å²) in [5.74, 6) is 0.592. The highest BCUT2D eigenvalue weighted by Gasteiger charge is 2.39. The van der Waals surface area contributed by atoms with Crippen LogP contribution in [0.1, 0.15) is 17.2 Å². The van der Waals surface area contributed by atoms with Crippen molar-refractivity contribution in [1.82, 2.24) is 24.1 Å². The molecule has 35 heavy (non-hydrogen) atoms. The zero-order valence-corrected chi connectivity index (χ0v) is 21.4. The number of aromatic nitrogens is 2. The summed E-state index contributed by atoms with van der Waals surface area (Å²) >= 11 is 12.4. The maximum atomic E-state index is 13.3. The zero-order valence-electron chi connectivity index (χ0n) is 19.1. The van der Waals surface area contributed by atoms with E-state index >= 15 is 0 Å². The van der Waals surface area contributed by atoms with E-state index in [2.05, 4.69) is 15.3 Å². The van der Waals surface area contributed by atoms with Crippen LogP contribution in [0, 0.1) is 17.2 Å². The minimum absolute atomic E-state index is 0.00451. The van der Waals surface area contributed by atoms with Gasteiger partial charge in [0.05, 0.1) is 28.7 Å². The molecule has 1 aromatic heterocycles. The van der Waals surface area contributed by atoms with Crippen molar-refractivity contribution >= 4 is 45.1 Å². The Kier molecular flexibility index (Phi) is 7.66. The first kappa shape index (κ1) is 25.4. The number of hydrogen-bond donors (Lipinski definition) is 1. The van der Waals surface area contributed by atoms with Gasteiger partial charge in [0.1, 0.15) is 11.9 Å². The number of anilines is 1. The SMILES string of the molecule is CS(=O)(=O)N1CCN(C(=O)N2CC(CNc3cnc(C#N)cn3)[C@@H](c3ccc(Cl)c(Cl)c3)C2)CC1. The molecule has 0 radical (unpaired) electrons. The van der Waals surface area contributed by atoms with Gasteiger partial charge < -0.3 is 15.1 Å². The first-order chi connectivity index (χ1) is 16.7. The van der Waals surface area contributed by atoms with Crippen molar-refractivity contribution in [1.29, 1.82) is 5.26 Å². The number of rotatable bonds is 5. The van der Waals surface area contributed by atoms with E-state index in [1.807, 2.05) is 18.2 Å². The third-order valence-electron chi connectivity index (χ3n) is 6.37. The molecular weight excluding hydrogens is 513 g/mol. The topological polar surface area (TPSA) is 123 Å². The molecule has 1 unspecified atom stereocenters. The molecule has 0 aliphatic carbocycles. The molecule has 2 aliphatic rings. The summed E-state index contributed by atoms with van der Waals surface area (Å²) in [5, 5.41) is 13.1. The molecule has 2 saturated heterocycles. The number of carbonyl (C=O) groups excluding carboxylic acids is 1. The Labute approximate surface area is 214 Å². The number of amides is 2. The lowest BCUT2D eigenvalue weighted by molar-refractivity contribution is 0.141. The number of benzene rings is 1. The van der Waals surface area contributed by atoms with Crippen molar-refractivity contribution in [2.45, 2.75) is 5.92 Å². The highest BCUT2D eigenvalue weighted by atomic mass is 35.5. The second-order valence-corrected chi connectivity index (χ2v) is 11.5. The van der Waals surface area contributed by atoms with Gasteiger partial charge in [-0.15, -0.1) is 0 Å². The van der Waals surface area contributed by atoms with Crippen molar-refractivity contribution < 1.29 is 13.2 Å². The summed E-state index contributed by atoms with van der Waals surface area (Å²) in [6.45, 7) is 2.81. The number of carbonyl (C=O) groups is 1. The van der Waals surface area contributed by atoms with E-state index in [-0.39, 0.29) is 36.7 Å². The standard InChI is InChI=1S/C22H25Cl2N7O3S/c1-35(33,34)31-6-4-29(5-7-31)22(32)30-13-16(10-27-21-12-26-17(9-25)11-28-21)18(14-30)15-2-3-19(23)20(24)8-15/h2-3,8,11-12,16,18H,4-7,10,13-14H2,1H3,(H,27,28)/t16?,18-/m1/s1. The van der Waals surface area contributed by atoms with Crippen molar-refractivity contribution in [2.24, 2.45) is 5.92 Å². The molecule has 4 rings (SSSR count). The van der Waals surface area contributed by atoms with Gasteiger partial charge in [-0.1, -0.05) is 29.3 Å². The summed E-state index contributed by atoms with van der Waals surface area (Å²) in [7, 11) is -3.27. The summed E-state index contributed by atoms with van der Waals surface area (Å²) in [5.41, 5.74) is 1.21. The minimum Gasteiger partial charge on any atom is -0.368 e. The normalized spacial score (nSPS) is 21.1. The van der Waals surface area contributed by atoms with Gasteiger partial charge in [0.15, 0.2) is 5.69 Å². The molecule has 2 aliphatic heterocycles. The van der Waals surface area contributed by atoms with Gasteiger partial charge in [-0.25, -0.2) is 23.2 Å². The number of nitrogens with one attached hydrogen (secondary N) is 1. The highest BCUT2D eigenvalue weighted by molar-refractivity contribution is 7.88. The third-order valence-corrected chi connectivity index (χ3v) is 8.42. The Bertz CT molecular complexity index is 1230. The van der Waals surface area contributed by atoms with Crippen LogP contribution in [0.15, 0.2) is 30.6 Å². The highest BCUT2D eigenvalue weighted by Crippen LogP contribution is 2.36. The Morgan fingerprint density at radius 1 is 1.11 bits per heavy atom. The number of urea groups is 1. The van der Waals surface area contributed by atoms with E-state index in [0.29, 0.717) is 48.6 Å². The molecule has 1 N–H and O–H groups in total. The Morgan fingerprint density at radius 2 is 1.86 bits per heavy atom. The molecule has 3 heterocycles. The fraction of sp³-hybridized carbons (Fsp3) is 0.455. The molecule has 186 valence electrons. The monoisotopic (exact) mass is 537 g/mol. The summed E-state index contributed by atoms with van der Waals surface area (Å²) in [4.78, 5) is 25.1. The molecule has 13 heteroatoms. The molecule has 10 nitrogen and oxygen atoms in total. The van der Waals surface area contributed by atoms with Crippen LogP contribution in [0.4, 0.5) is 10.6 Å². The van der Waals surface area contributed by atoms with Crippen molar-refractivity contribution in [2.75, 3.05) is 57.4 Å².